The highest BCUT2D eigenvalue weighted by atomic mass is 35.5. The Balaban J connectivity index is 3.34. The highest BCUT2D eigenvalue weighted by Gasteiger charge is 2.26. The summed E-state index contributed by atoms with van der Waals surface area (Å²) in [5.74, 6) is -0.795. The Morgan fingerprint density at radius 1 is 1.62 bits per heavy atom. The number of ether oxygens (including phenoxy) is 1. The van der Waals surface area contributed by atoms with Gasteiger partial charge in [0.15, 0.2) is 0 Å². The van der Waals surface area contributed by atoms with Crippen LogP contribution in [0.25, 0.3) is 0 Å². The fraction of sp³-hybridized carbons (Fsp3) is 0.222. The summed E-state index contributed by atoms with van der Waals surface area (Å²) in [6.45, 7) is 1.72. The maximum Gasteiger partial charge on any atom is 0.345 e. The van der Waals surface area contributed by atoms with Crippen LogP contribution in [0.15, 0.2) is 12.1 Å². The zero-order chi connectivity index (χ0) is 12.3. The summed E-state index contributed by atoms with van der Waals surface area (Å²) in [5.41, 5.74) is 4.73. The summed E-state index contributed by atoms with van der Waals surface area (Å²) < 4.78 is 4.67. The number of hydrogen-bond donors (Lipinski definition) is 1. The molecule has 0 bridgehead atoms. The van der Waals surface area contributed by atoms with Crippen molar-refractivity contribution in [3.8, 4) is 0 Å². The van der Waals surface area contributed by atoms with Crippen LogP contribution in [0, 0.1) is 10.1 Å². The molecular weight excluding hydrogens is 236 g/mol. The van der Waals surface area contributed by atoms with Crippen LogP contribution in [0.2, 0.25) is 5.02 Å². The van der Waals surface area contributed by atoms with Crippen LogP contribution in [0.1, 0.15) is 17.3 Å². The minimum absolute atomic E-state index is 0.0430. The minimum atomic E-state index is -0.795. The van der Waals surface area contributed by atoms with Crippen LogP contribution in [-0.4, -0.2) is 17.5 Å². The number of nitrogen functional groups attached to an aromatic ring is 1. The van der Waals surface area contributed by atoms with Gasteiger partial charge in [0.2, 0.25) is 0 Å². The van der Waals surface area contributed by atoms with Gasteiger partial charge in [-0.15, -0.1) is 0 Å². The molecule has 0 saturated carbocycles. The van der Waals surface area contributed by atoms with Crippen molar-refractivity contribution in [2.45, 2.75) is 6.92 Å². The Bertz CT molecular complexity index is 447. The first kappa shape index (κ1) is 12.3. The van der Waals surface area contributed by atoms with Crippen LogP contribution >= 0.6 is 11.6 Å². The standard InChI is InChI=1S/C9H9ClN2O4/c1-2-16-9(13)5-3-4-6(11)7(10)8(5)12(14)15/h3-4H,2,11H2,1H3. The number of carbonyl (C=O) groups is 1. The lowest BCUT2D eigenvalue weighted by molar-refractivity contribution is -0.385. The van der Waals surface area contributed by atoms with E-state index in [-0.39, 0.29) is 22.9 Å². The number of nitro groups is 1. The van der Waals surface area contributed by atoms with Gasteiger partial charge >= 0.3 is 11.7 Å². The third-order valence-corrected chi connectivity index (χ3v) is 2.22. The van der Waals surface area contributed by atoms with Gasteiger partial charge in [-0.2, -0.15) is 0 Å². The molecule has 0 unspecified atom stereocenters. The van der Waals surface area contributed by atoms with Crippen molar-refractivity contribution in [1.29, 1.82) is 0 Å². The molecule has 0 amide bonds. The summed E-state index contributed by atoms with van der Waals surface area (Å²) in [6, 6.07) is 2.54. The number of benzene rings is 1. The normalized spacial score (nSPS) is 9.88. The minimum Gasteiger partial charge on any atom is -0.462 e. The van der Waals surface area contributed by atoms with Crippen molar-refractivity contribution in [1.82, 2.24) is 0 Å². The lowest BCUT2D eigenvalue weighted by Gasteiger charge is -2.05. The first-order valence-electron chi connectivity index (χ1n) is 4.38. The second kappa shape index (κ2) is 4.80. The number of hydrogen-bond acceptors (Lipinski definition) is 5. The fourth-order valence-electron chi connectivity index (χ4n) is 1.13. The molecule has 86 valence electrons. The van der Waals surface area contributed by atoms with E-state index in [0.717, 1.165) is 0 Å². The number of nitrogens with two attached hydrogens (primary N) is 1. The number of nitro benzene ring substituents is 1. The van der Waals surface area contributed by atoms with Gasteiger partial charge in [0, 0.05) is 0 Å². The number of carbonyl (C=O) groups excluding carboxylic acids is 1. The fourth-order valence-corrected chi connectivity index (χ4v) is 1.37. The van der Waals surface area contributed by atoms with Crippen LogP contribution in [0.3, 0.4) is 0 Å². The first-order chi connectivity index (χ1) is 7.49. The van der Waals surface area contributed by atoms with E-state index in [1.54, 1.807) is 6.92 Å². The summed E-state index contributed by atoms with van der Waals surface area (Å²) >= 11 is 5.66. The quantitative estimate of drug-likeness (QED) is 0.380. The second-order valence-corrected chi connectivity index (χ2v) is 3.22. The molecular formula is C9H9ClN2O4. The first-order valence-corrected chi connectivity index (χ1v) is 4.76. The molecule has 0 radical (unpaired) electrons. The molecule has 0 aliphatic rings. The third kappa shape index (κ3) is 2.22. The lowest BCUT2D eigenvalue weighted by atomic mass is 10.1. The van der Waals surface area contributed by atoms with Crippen LogP contribution in [0.5, 0.6) is 0 Å². The number of nitrogens with zero attached hydrogens (tertiary/aromatic N) is 1. The van der Waals surface area contributed by atoms with Gasteiger partial charge in [-0.25, -0.2) is 4.79 Å². The van der Waals surface area contributed by atoms with Gasteiger partial charge in [-0.3, -0.25) is 10.1 Å². The summed E-state index contributed by atoms with van der Waals surface area (Å²) in [4.78, 5) is 21.4. The second-order valence-electron chi connectivity index (χ2n) is 2.84. The van der Waals surface area contributed by atoms with Crippen LogP contribution in [-0.2, 0) is 4.74 Å². The zero-order valence-corrected chi connectivity index (χ0v) is 9.15. The molecule has 7 heteroatoms. The molecule has 0 heterocycles. The highest BCUT2D eigenvalue weighted by molar-refractivity contribution is 6.35. The Morgan fingerprint density at radius 2 is 2.25 bits per heavy atom. The Morgan fingerprint density at radius 3 is 2.75 bits per heavy atom. The van der Waals surface area contributed by atoms with Gasteiger partial charge in [0.25, 0.3) is 0 Å². The largest absolute Gasteiger partial charge is 0.462 e. The van der Waals surface area contributed by atoms with Crippen molar-refractivity contribution in [3.63, 3.8) is 0 Å². The Hall–Kier alpha value is -1.82. The van der Waals surface area contributed by atoms with Crippen LogP contribution in [0.4, 0.5) is 11.4 Å². The van der Waals surface area contributed by atoms with Crippen LogP contribution < -0.4 is 5.73 Å². The van der Waals surface area contributed by atoms with E-state index >= 15 is 0 Å². The van der Waals surface area contributed by atoms with Crippen molar-refractivity contribution in [2.24, 2.45) is 0 Å². The zero-order valence-electron chi connectivity index (χ0n) is 8.40. The molecule has 1 aromatic rings. The van der Waals surface area contributed by atoms with Crippen molar-refractivity contribution >= 4 is 28.9 Å². The molecule has 1 aromatic carbocycles. The molecule has 0 atom stereocenters. The van der Waals surface area contributed by atoms with Crippen molar-refractivity contribution in [3.05, 3.63) is 32.8 Å². The molecule has 0 aliphatic carbocycles. The summed E-state index contributed by atoms with van der Waals surface area (Å²) in [5, 5.41) is 10.5. The molecule has 0 saturated heterocycles. The smallest absolute Gasteiger partial charge is 0.345 e. The Kier molecular flexibility index (Phi) is 3.68. The maximum absolute atomic E-state index is 11.4. The molecule has 16 heavy (non-hydrogen) atoms. The third-order valence-electron chi connectivity index (χ3n) is 1.82. The van der Waals surface area contributed by atoms with Gasteiger partial charge in [0.1, 0.15) is 10.6 Å². The molecule has 0 aliphatic heterocycles. The number of anilines is 1. The summed E-state index contributed by atoms with van der Waals surface area (Å²) in [6.07, 6.45) is 0. The lowest BCUT2D eigenvalue weighted by Crippen LogP contribution is -2.09. The maximum atomic E-state index is 11.4. The van der Waals surface area contributed by atoms with Gasteiger partial charge in [-0.05, 0) is 19.1 Å². The monoisotopic (exact) mass is 244 g/mol. The van der Waals surface area contributed by atoms with E-state index in [4.69, 9.17) is 17.3 Å². The molecule has 1 rings (SSSR count). The summed E-state index contributed by atoms with van der Waals surface area (Å²) in [7, 11) is 0. The molecule has 2 N–H and O–H groups in total. The predicted molar refractivity (Wildman–Crippen MR) is 58.5 cm³/mol. The number of rotatable bonds is 3. The van der Waals surface area contributed by atoms with E-state index in [1.165, 1.54) is 12.1 Å². The molecule has 0 aromatic heterocycles. The number of halogens is 1. The van der Waals surface area contributed by atoms with Gasteiger partial charge in [0.05, 0.1) is 17.2 Å². The van der Waals surface area contributed by atoms with E-state index in [0.29, 0.717) is 0 Å². The molecule has 0 fully saturated rings. The average molecular weight is 245 g/mol. The van der Waals surface area contributed by atoms with Crippen molar-refractivity contribution < 1.29 is 14.5 Å². The van der Waals surface area contributed by atoms with E-state index < -0.39 is 16.6 Å². The molecule has 0 spiro atoms. The van der Waals surface area contributed by atoms with Gasteiger partial charge < -0.3 is 10.5 Å². The SMILES string of the molecule is CCOC(=O)c1ccc(N)c(Cl)c1[N+](=O)[O-]. The van der Waals surface area contributed by atoms with Crippen molar-refractivity contribution in [2.75, 3.05) is 12.3 Å². The highest BCUT2D eigenvalue weighted by Crippen LogP contribution is 2.33. The average Bonchev–Trinajstić information content (AvgIpc) is 2.21. The number of esters is 1. The predicted octanol–water partition coefficient (Wildman–Crippen LogP) is 2.01. The molecule has 6 nitrogen and oxygen atoms in total. The van der Waals surface area contributed by atoms with Gasteiger partial charge in [-0.1, -0.05) is 11.6 Å². The van der Waals surface area contributed by atoms with E-state index in [2.05, 4.69) is 4.74 Å². The van der Waals surface area contributed by atoms with E-state index in [1.807, 2.05) is 0 Å². The topological polar surface area (TPSA) is 95.5 Å². The Labute approximate surface area is 96.1 Å². The van der Waals surface area contributed by atoms with E-state index in [9.17, 15) is 14.9 Å².